The number of carboxylic acid groups (broad SMARTS) is 1. The minimum absolute atomic E-state index is 0.0693. The van der Waals surface area contributed by atoms with Gasteiger partial charge in [-0.2, -0.15) is 0 Å². The van der Waals surface area contributed by atoms with Gasteiger partial charge in [0.25, 0.3) is 0 Å². The molecule has 0 aromatic heterocycles. The first-order valence-corrected chi connectivity index (χ1v) is 7.92. The molecule has 1 aliphatic heterocycles. The van der Waals surface area contributed by atoms with Crippen molar-refractivity contribution in [2.24, 2.45) is 5.92 Å². The molecule has 6 heteroatoms. The van der Waals surface area contributed by atoms with Crippen LogP contribution in [0.15, 0.2) is 24.3 Å². The van der Waals surface area contributed by atoms with E-state index in [0.29, 0.717) is 32.4 Å². The highest BCUT2D eigenvalue weighted by molar-refractivity contribution is 5.75. The second-order valence-corrected chi connectivity index (χ2v) is 5.80. The van der Waals surface area contributed by atoms with Crippen LogP contribution in [-0.2, 0) is 14.3 Å². The predicted molar refractivity (Wildman–Crippen MR) is 82.3 cm³/mol. The second kappa shape index (κ2) is 8.62. The number of unbranched alkanes of at least 4 members (excludes halogenated alkanes) is 1. The second-order valence-electron chi connectivity index (χ2n) is 5.80. The molecule has 0 unspecified atom stereocenters. The van der Waals surface area contributed by atoms with Gasteiger partial charge < -0.3 is 15.2 Å². The SMILES string of the molecule is O=C(O)CCCCC(=O)NC[C@@H]1CCO[C@H]1c1ccc(F)cc1. The number of carbonyl (C=O) groups excluding carboxylic acids is 1. The van der Waals surface area contributed by atoms with Gasteiger partial charge in [-0.25, -0.2) is 4.39 Å². The van der Waals surface area contributed by atoms with Crippen molar-refractivity contribution in [3.05, 3.63) is 35.6 Å². The molecule has 0 spiro atoms. The van der Waals surface area contributed by atoms with E-state index in [2.05, 4.69) is 5.32 Å². The fourth-order valence-corrected chi connectivity index (χ4v) is 2.76. The smallest absolute Gasteiger partial charge is 0.303 e. The number of hydrogen-bond acceptors (Lipinski definition) is 3. The Kier molecular flexibility index (Phi) is 6.52. The van der Waals surface area contributed by atoms with Crippen molar-refractivity contribution in [1.29, 1.82) is 0 Å². The maximum Gasteiger partial charge on any atom is 0.303 e. The highest BCUT2D eigenvalue weighted by Crippen LogP contribution is 2.34. The summed E-state index contributed by atoms with van der Waals surface area (Å²) in [4.78, 5) is 22.2. The first kappa shape index (κ1) is 17.4. The van der Waals surface area contributed by atoms with E-state index >= 15 is 0 Å². The zero-order valence-corrected chi connectivity index (χ0v) is 13.0. The molecule has 1 amide bonds. The predicted octanol–water partition coefficient (Wildman–Crippen LogP) is 2.66. The molecule has 1 heterocycles. The third-order valence-corrected chi connectivity index (χ3v) is 4.02. The number of aliphatic carboxylic acids is 1. The first-order chi connectivity index (χ1) is 11.1. The number of halogens is 1. The Morgan fingerprint density at radius 2 is 1.91 bits per heavy atom. The van der Waals surface area contributed by atoms with Crippen molar-refractivity contribution in [3.8, 4) is 0 Å². The maximum absolute atomic E-state index is 13.0. The van der Waals surface area contributed by atoms with Gasteiger partial charge in [0.15, 0.2) is 0 Å². The average Bonchev–Trinajstić information content (AvgIpc) is 2.98. The van der Waals surface area contributed by atoms with E-state index in [1.54, 1.807) is 12.1 Å². The summed E-state index contributed by atoms with van der Waals surface area (Å²) in [5.41, 5.74) is 0.921. The van der Waals surface area contributed by atoms with Gasteiger partial charge in [0.1, 0.15) is 5.82 Å². The topological polar surface area (TPSA) is 75.6 Å². The molecule has 1 aromatic rings. The van der Waals surface area contributed by atoms with Crippen molar-refractivity contribution < 1.29 is 23.8 Å². The Morgan fingerprint density at radius 3 is 2.61 bits per heavy atom. The maximum atomic E-state index is 13.0. The van der Waals surface area contributed by atoms with Crippen molar-refractivity contribution in [1.82, 2.24) is 5.32 Å². The van der Waals surface area contributed by atoms with Crippen molar-refractivity contribution in [2.45, 2.75) is 38.2 Å². The molecule has 0 bridgehead atoms. The van der Waals surface area contributed by atoms with E-state index in [9.17, 15) is 14.0 Å². The summed E-state index contributed by atoms with van der Waals surface area (Å²) in [6, 6.07) is 6.25. The molecule has 1 aliphatic rings. The highest BCUT2D eigenvalue weighted by Gasteiger charge is 2.29. The lowest BCUT2D eigenvalue weighted by Gasteiger charge is -2.19. The quantitative estimate of drug-likeness (QED) is 0.721. The van der Waals surface area contributed by atoms with Gasteiger partial charge in [0.05, 0.1) is 6.10 Å². The van der Waals surface area contributed by atoms with Crippen LogP contribution in [0.25, 0.3) is 0 Å². The van der Waals surface area contributed by atoms with Crippen LogP contribution >= 0.6 is 0 Å². The van der Waals surface area contributed by atoms with Gasteiger partial charge in [0, 0.05) is 31.9 Å². The van der Waals surface area contributed by atoms with Crippen LogP contribution in [0.2, 0.25) is 0 Å². The Hall–Kier alpha value is -1.95. The summed E-state index contributed by atoms with van der Waals surface area (Å²) in [5.74, 6) is -1.02. The van der Waals surface area contributed by atoms with Crippen LogP contribution in [0.1, 0.15) is 43.8 Å². The van der Waals surface area contributed by atoms with Gasteiger partial charge >= 0.3 is 5.97 Å². The third-order valence-electron chi connectivity index (χ3n) is 4.02. The van der Waals surface area contributed by atoms with Crippen molar-refractivity contribution >= 4 is 11.9 Å². The summed E-state index contributed by atoms with van der Waals surface area (Å²) in [5, 5.41) is 11.4. The van der Waals surface area contributed by atoms with Gasteiger partial charge in [0.2, 0.25) is 5.91 Å². The number of carbonyl (C=O) groups is 2. The molecule has 1 aromatic carbocycles. The molecule has 0 aliphatic carbocycles. The minimum Gasteiger partial charge on any atom is -0.481 e. The number of benzene rings is 1. The molecule has 2 atom stereocenters. The van der Waals surface area contributed by atoms with E-state index in [0.717, 1.165) is 12.0 Å². The summed E-state index contributed by atoms with van der Waals surface area (Å²) in [7, 11) is 0. The van der Waals surface area contributed by atoms with Crippen LogP contribution in [0, 0.1) is 11.7 Å². The molecular formula is C17H22FNO4. The largest absolute Gasteiger partial charge is 0.481 e. The van der Waals surface area contributed by atoms with Gasteiger partial charge in [-0.3, -0.25) is 9.59 Å². The molecule has 1 fully saturated rings. The van der Waals surface area contributed by atoms with E-state index in [4.69, 9.17) is 9.84 Å². The number of ether oxygens (including phenoxy) is 1. The third kappa shape index (κ3) is 5.63. The molecule has 1 saturated heterocycles. The van der Waals surface area contributed by atoms with Crippen LogP contribution in [0.3, 0.4) is 0 Å². The fourth-order valence-electron chi connectivity index (χ4n) is 2.76. The number of amides is 1. The van der Waals surface area contributed by atoms with Crippen LogP contribution in [-0.4, -0.2) is 30.1 Å². The van der Waals surface area contributed by atoms with Crippen LogP contribution in [0.4, 0.5) is 4.39 Å². The summed E-state index contributed by atoms with van der Waals surface area (Å²) >= 11 is 0. The molecule has 0 radical (unpaired) electrons. The zero-order valence-electron chi connectivity index (χ0n) is 13.0. The summed E-state index contributed by atoms with van der Waals surface area (Å²) in [6.45, 7) is 1.14. The number of nitrogens with one attached hydrogen (secondary N) is 1. The van der Waals surface area contributed by atoms with E-state index in [1.807, 2.05) is 0 Å². The molecule has 23 heavy (non-hydrogen) atoms. The van der Waals surface area contributed by atoms with Crippen LogP contribution in [0.5, 0.6) is 0 Å². The molecule has 2 rings (SSSR count). The normalized spacial score (nSPS) is 20.4. The fraction of sp³-hybridized carbons (Fsp3) is 0.529. The number of hydrogen-bond donors (Lipinski definition) is 2. The number of rotatable bonds is 8. The zero-order chi connectivity index (χ0) is 16.7. The monoisotopic (exact) mass is 323 g/mol. The minimum atomic E-state index is -0.837. The molecular weight excluding hydrogens is 301 g/mol. The molecule has 126 valence electrons. The Labute approximate surface area is 134 Å². The molecule has 5 nitrogen and oxygen atoms in total. The lowest BCUT2D eigenvalue weighted by Crippen LogP contribution is -2.30. The lowest BCUT2D eigenvalue weighted by atomic mass is 9.95. The van der Waals surface area contributed by atoms with Crippen molar-refractivity contribution in [3.63, 3.8) is 0 Å². The molecule has 0 saturated carbocycles. The number of carboxylic acids is 1. The summed E-state index contributed by atoms with van der Waals surface area (Å²) < 4.78 is 18.7. The van der Waals surface area contributed by atoms with Crippen LogP contribution < -0.4 is 5.32 Å². The van der Waals surface area contributed by atoms with Gasteiger partial charge in [-0.05, 0) is 37.0 Å². The lowest BCUT2D eigenvalue weighted by molar-refractivity contribution is -0.137. The summed E-state index contributed by atoms with van der Waals surface area (Å²) in [6.07, 6.45) is 2.23. The average molecular weight is 323 g/mol. The van der Waals surface area contributed by atoms with E-state index in [1.165, 1.54) is 12.1 Å². The van der Waals surface area contributed by atoms with E-state index in [-0.39, 0.29) is 30.2 Å². The Bertz CT molecular complexity index is 532. The van der Waals surface area contributed by atoms with Gasteiger partial charge in [-0.15, -0.1) is 0 Å². The highest BCUT2D eigenvalue weighted by atomic mass is 19.1. The molecule has 2 N–H and O–H groups in total. The standard InChI is InChI=1S/C17H22FNO4/c18-14-7-5-12(6-8-14)17-13(9-10-23-17)11-19-15(20)3-1-2-4-16(21)22/h5-8,13,17H,1-4,9-11H2,(H,19,20)(H,21,22)/t13-,17-/m0/s1. The Balaban J connectivity index is 1.74. The van der Waals surface area contributed by atoms with Gasteiger partial charge in [-0.1, -0.05) is 12.1 Å². The van der Waals surface area contributed by atoms with E-state index < -0.39 is 5.97 Å². The first-order valence-electron chi connectivity index (χ1n) is 7.92. The van der Waals surface area contributed by atoms with Crippen molar-refractivity contribution in [2.75, 3.05) is 13.2 Å². The Morgan fingerprint density at radius 1 is 1.22 bits per heavy atom.